The highest BCUT2D eigenvalue weighted by Gasteiger charge is 2.21. The molecule has 0 spiro atoms. The van der Waals surface area contributed by atoms with Gasteiger partial charge in [0, 0.05) is 13.1 Å². The van der Waals surface area contributed by atoms with E-state index < -0.39 is 0 Å². The number of aryl methyl sites for hydroxylation is 1. The molecule has 2 rings (SSSR count). The second kappa shape index (κ2) is 8.25. The zero-order valence-electron chi connectivity index (χ0n) is 12.0. The second-order valence-corrected chi connectivity index (χ2v) is 5.14. The molecular weight excluding hydrogens is 276 g/mol. The number of benzene rings is 1. The molecule has 0 aliphatic carbocycles. The molecule has 0 bridgehead atoms. The summed E-state index contributed by atoms with van der Waals surface area (Å²) in [6.07, 6.45) is 0. The first-order valence-corrected chi connectivity index (χ1v) is 6.82. The molecule has 1 heterocycles. The normalized spacial score (nSPS) is 19.8. The van der Waals surface area contributed by atoms with Crippen LogP contribution in [-0.4, -0.2) is 38.3 Å². The maximum Gasteiger partial charge on any atom is 0.239 e. The van der Waals surface area contributed by atoms with Gasteiger partial charge in [-0.25, -0.2) is 0 Å². The fraction of sp³-hybridized carbons (Fsp3) is 0.533. The van der Waals surface area contributed by atoms with Crippen LogP contribution in [0.25, 0.3) is 0 Å². The Hall–Kier alpha value is -1.10. The van der Waals surface area contributed by atoms with Gasteiger partial charge < -0.3 is 15.4 Å². The molecule has 1 aliphatic rings. The maximum atomic E-state index is 11.9. The summed E-state index contributed by atoms with van der Waals surface area (Å²) in [5, 5.41) is 6.14. The Morgan fingerprint density at radius 2 is 2.15 bits per heavy atom. The lowest BCUT2D eigenvalue weighted by Crippen LogP contribution is -2.51. The average Bonchev–Trinajstić information content (AvgIpc) is 2.46. The highest BCUT2D eigenvalue weighted by Crippen LogP contribution is 2.14. The van der Waals surface area contributed by atoms with E-state index in [2.05, 4.69) is 48.7 Å². The number of halogens is 1. The molecule has 1 aromatic carbocycles. The van der Waals surface area contributed by atoms with Crippen molar-refractivity contribution in [3.8, 4) is 0 Å². The smallest absolute Gasteiger partial charge is 0.239 e. The fourth-order valence-corrected chi connectivity index (χ4v) is 2.12. The molecule has 1 saturated heterocycles. The lowest BCUT2D eigenvalue weighted by atomic mass is 10.00. The van der Waals surface area contributed by atoms with Crippen LogP contribution in [0.5, 0.6) is 0 Å². The molecule has 0 aromatic heterocycles. The summed E-state index contributed by atoms with van der Waals surface area (Å²) in [6, 6.07) is 8.23. The predicted octanol–water partition coefficient (Wildman–Crippen LogP) is 1.62. The monoisotopic (exact) mass is 298 g/mol. The van der Waals surface area contributed by atoms with E-state index in [0.29, 0.717) is 25.7 Å². The summed E-state index contributed by atoms with van der Waals surface area (Å²) >= 11 is 0. The highest BCUT2D eigenvalue weighted by molar-refractivity contribution is 5.85. The zero-order chi connectivity index (χ0) is 13.7. The third-order valence-electron chi connectivity index (χ3n) is 3.47. The van der Waals surface area contributed by atoms with Crippen molar-refractivity contribution in [2.24, 2.45) is 0 Å². The predicted molar refractivity (Wildman–Crippen MR) is 82.5 cm³/mol. The van der Waals surface area contributed by atoms with Crippen LogP contribution in [0.2, 0.25) is 0 Å². The van der Waals surface area contributed by atoms with Crippen molar-refractivity contribution in [1.82, 2.24) is 10.6 Å². The van der Waals surface area contributed by atoms with Crippen LogP contribution in [-0.2, 0) is 9.53 Å². The Morgan fingerprint density at radius 3 is 2.75 bits per heavy atom. The van der Waals surface area contributed by atoms with Gasteiger partial charge in [0.05, 0.1) is 13.2 Å². The molecule has 112 valence electrons. The van der Waals surface area contributed by atoms with Gasteiger partial charge in [0.1, 0.15) is 6.04 Å². The summed E-state index contributed by atoms with van der Waals surface area (Å²) in [4.78, 5) is 11.9. The summed E-state index contributed by atoms with van der Waals surface area (Å²) in [5.41, 5.74) is 2.50. The molecule has 0 radical (unpaired) electrons. The van der Waals surface area contributed by atoms with E-state index in [9.17, 15) is 4.79 Å². The third-order valence-corrected chi connectivity index (χ3v) is 3.47. The van der Waals surface area contributed by atoms with Crippen LogP contribution >= 0.6 is 12.4 Å². The van der Waals surface area contributed by atoms with Crippen LogP contribution in [0, 0.1) is 6.92 Å². The molecule has 1 aliphatic heterocycles. The van der Waals surface area contributed by atoms with E-state index in [4.69, 9.17) is 4.74 Å². The minimum Gasteiger partial charge on any atom is -0.378 e. The van der Waals surface area contributed by atoms with Crippen molar-refractivity contribution >= 4 is 18.3 Å². The molecule has 2 N–H and O–H groups in total. The van der Waals surface area contributed by atoms with E-state index in [1.165, 1.54) is 11.1 Å². The van der Waals surface area contributed by atoms with Crippen molar-refractivity contribution in [3.05, 3.63) is 35.4 Å². The summed E-state index contributed by atoms with van der Waals surface area (Å²) in [5.74, 6) is 0.340. The molecule has 2 unspecified atom stereocenters. The quantitative estimate of drug-likeness (QED) is 0.888. The van der Waals surface area contributed by atoms with Gasteiger partial charge in [0.25, 0.3) is 0 Å². The van der Waals surface area contributed by atoms with Gasteiger partial charge in [-0.3, -0.25) is 4.79 Å². The molecule has 1 aromatic rings. The van der Waals surface area contributed by atoms with E-state index in [1.807, 2.05) is 0 Å². The van der Waals surface area contributed by atoms with Crippen LogP contribution < -0.4 is 10.6 Å². The van der Waals surface area contributed by atoms with E-state index in [0.717, 1.165) is 6.54 Å². The van der Waals surface area contributed by atoms with Crippen molar-refractivity contribution in [1.29, 1.82) is 0 Å². The number of amides is 1. The average molecular weight is 299 g/mol. The molecule has 4 nitrogen and oxygen atoms in total. The largest absolute Gasteiger partial charge is 0.378 e. The van der Waals surface area contributed by atoms with Crippen molar-refractivity contribution in [2.45, 2.75) is 25.8 Å². The van der Waals surface area contributed by atoms with Gasteiger partial charge in [-0.05, 0) is 18.4 Å². The first-order chi connectivity index (χ1) is 9.16. The van der Waals surface area contributed by atoms with E-state index >= 15 is 0 Å². The molecule has 20 heavy (non-hydrogen) atoms. The number of hydrogen-bond acceptors (Lipinski definition) is 3. The zero-order valence-corrected chi connectivity index (χ0v) is 12.8. The Balaban J connectivity index is 0.00000200. The van der Waals surface area contributed by atoms with Gasteiger partial charge in [0.15, 0.2) is 0 Å². The molecule has 5 heteroatoms. The standard InChI is InChI=1S/C15H22N2O2.ClH/c1-11-3-5-13(6-4-11)12(2)9-17-15(18)14-10-19-8-7-16-14;/h3-6,12,14,16H,7-10H2,1-2H3,(H,17,18);1H. The number of ether oxygens (including phenoxy) is 1. The van der Waals surface area contributed by atoms with E-state index in [1.54, 1.807) is 0 Å². The number of morpholine rings is 1. The molecular formula is C15H23ClN2O2. The number of carbonyl (C=O) groups excluding carboxylic acids is 1. The minimum atomic E-state index is -0.209. The van der Waals surface area contributed by atoms with Crippen molar-refractivity contribution < 1.29 is 9.53 Å². The Bertz CT molecular complexity index is 416. The topological polar surface area (TPSA) is 50.4 Å². The number of rotatable bonds is 4. The lowest BCUT2D eigenvalue weighted by molar-refractivity contribution is -0.125. The lowest BCUT2D eigenvalue weighted by Gasteiger charge is -2.23. The van der Waals surface area contributed by atoms with Gasteiger partial charge in [0.2, 0.25) is 5.91 Å². The summed E-state index contributed by atoms with van der Waals surface area (Å²) < 4.78 is 5.28. The van der Waals surface area contributed by atoms with Crippen LogP contribution in [0.1, 0.15) is 24.0 Å². The first kappa shape index (κ1) is 17.0. The fourth-order valence-electron chi connectivity index (χ4n) is 2.12. The van der Waals surface area contributed by atoms with Crippen LogP contribution in [0.3, 0.4) is 0 Å². The Labute approximate surface area is 126 Å². The van der Waals surface area contributed by atoms with Gasteiger partial charge in [-0.15, -0.1) is 12.4 Å². The Kier molecular flexibility index (Phi) is 6.99. The molecule has 0 saturated carbocycles. The first-order valence-electron chi connectivity index (χ1n) is 6.82. The van der Waals surface area contributed by atoms with Crippen molar-refractivity contribution in [3.63, 3.8) is 0 Å². The molecule has 2 atom stereocenters. The number of hydrogen-bond donors (Lipinski definition) is 2. The molecule has 1 fully saturated rings. The van der Waals surface area contributed by atoms with Crippen molar-refractivity contribution in [2.75, 3.05) is 26.3 Å². The highest BCUT2D eigenvalue weighted by atomic mass is 35.5. The minimum absolute atomic E-state index is 0. The summed E-state index contributed by atoms with van der Waals surface area (Å²) in [6.45, 7) is 6.74. The van der Waals surface area contributed by atoms with Crippen LogP contribution in [0.15, 0.2) is 24.3 Å². The van der Waals surface area contributed by atoms with Gasteiger partial charge in [-0.2, -0.15) is 0 Å². The Morgan fingerprint density at radius 1 is 1.45 bits per heavy atom. The number of carbonyl (C=O) groups is 1. The summed E-state index contributed by atoms with van der Waals surface area (Å²) in [7, 11) is 0. The van der Waals surface area contributed by atoms with Crippen LogP contribution in [0.4, 0.5) is 0 Å². The maximum absolute atomic E-state index is 11.9. The van der Waals surface area contributed by atoms with Gasteiger partial charge >= 0.3 is 0 Å². The number of nitrogens with one attached hydrogen (secondary N) is 2. The van der Waals surface area contributed by atoms with E-state index in [-0.39, 0.29) is 24.4 Å². The SMILES string of the molecule is Cc1ccc(C(C)CNC(=O)C2COCCN2)cc1.Cl. The second-order valence-electron chi connectivity index (χ2n) is 5.14. The van der Waals surface area contributed by atoms with Gasteiger partial charge in [-0.1, -0.05) is 36.8 Å². The molecule has 1 amide bonds. The third kappa shape index (κ3) is 4.78.